The zero-order valence-corrected chi connectivity index (χ0v) is 37.8. The lowest BCUT2D eigenvalue weighted by Crippen LogP contribution is -2.68. The van der Waals surface area contributed by atoms with Crippen molar-refractivity contribution in [3.05, 3.63) is 0 Å². The Kier molecular flexibility index (Phi) is 19.8. The highest BCUT2D eigenvalue weighted by molar-refractivity contribution is 14.1. The fourth-order valence-electron chi connectivity index (χ4n) is 6.53. The second-order valence-corrected chi connectivity index (χ2v) is 15.0. The topological polar surface area (TPSA) is 266 Å². The second-order valence-electron chi connectivity index (χ2n) is 13.2. The first-order chi connectivity index (χ1) is 27.7. The summed E-state index contributed by atoms with van der Waals surface area (Å²) in [7, 11) is 1.22. The van der Waals surface area contributed by atoms with Crippen LogP contribution in [-0.4, -0.2) is 162 Å². The molecule has 0 aromatic carbocycles. The lowest BCUT2D eigenvalue weighted by Gasteiger charge is -2.50. The Hall–Kier alpha value is -3.02. The number of carbonyl (C=O) groups excluding carboxylic acids is 8. The minimum atomic E-state index is -1.73. The van der Waals surface area contributed by atoms with Gasteiger partial charge in [0.05, 0.1) is 6.10 Å². The largest absolute Gasteiger partial charge is 0.463 e. The Morgan fingerprint density at radius 3 is 1.02 bits per heavy atom. The molecule has 0 spiro atoms. The maximum absolute atomic E-state index is 12.8. The smallest absolute Gasteiger partial charge is 0.303 e. The van der Waals surface area contributed by atoms with E-state index >= 15 is 0 Å². The monoisotopic (exact) mass is 1070 g/mol. The Labute approximate surface area is 366 Å². The van der Waals surface area contributed by atoms with Gasteiger partial charge in [-0.1, -0.05) is 45.2 Å². The molecule has 3 heterocycles. The van der Waals surface area contributed by atoms with Crippen molar-refractivity contribution in [1.29, 1.82) is 0 Å². The first-order valence-corrected chi connectivity index (χ1v) is 21.0. The van der Waals surface area contributed by atoms with E-state index in [1.54, 1.807) is 0 Å². The minimum absolute atomic E-state index is 0.0319. The molecule has 3 aliphatic rings. The van der Waals surface area contributed by atoms with Crippen molar-refractivity contribution in [2.45, 2.75) is 148 Å². The summed E-state index contributed by atoms with van der Waals surface area (Å²) in [6, 6.07) is 0. The SMILES string of the molecule is CO[C@@H]1O[C@H](COC(C)=O)[C@@H](O[C@H]2O[C@H](CI)[C@@H](O[C@H]3O[C@H](CI)[C@@H](OC(C)=O)[C@H](OC(C)=O)[C@H]3OC(C)=O)[C@H](OC(C)=O)[C@H]2OC(C)=O)[C@H](OC(C)=O)[C@H]1OC(C)=O. The van der Waals surface area contributed by atoms with Gasteiger partial charge in [-0.05, 0) is 0 Å². The molecule has 0 aromatic heterocycles. The van der Waals surface area contributed by atoms with E-state index in [0.29, 0.717) is 0 Å². The summed E-state index contributed by atoms with van der Waals surface area (Å²) in [6.45, 7) is 8.16. The van der Waals surface area contributed by atoms with Crippen molar-refractivity contribution in [3.8, 4) is 0 Å². The fraction of sp³-hybridized carbons (Fsp3) is 0.771. The predicted octanol–water partition coefficient (Wildman–Crippen LogP) is 0.533. The van der Waals surface area contributed by atoms with Gasteiger partial charge in [-0.2, -0.15) is 0 Å². The molecule has 3 fully saturated rings. The van der Waals surface area contributed by atoms with Crippen LogP contribution in [0.15, 0.2) is 0 Å². The number of methoxy groups -OCH3 is 1. The molecule has 3 rings (SSSR count). The summed E-state index contributed by atoms with van der Waals surface area (Å²) in [5.74, 6) is -6.66. The number of esters is 8. The van der Waals surface area contributed by atoms with E-state index in [0.717, 1.165) is 55.4 Å². The number of ether oxygens (including phenoxy) is 14. The Morgan fingerprint density at radius 2 is 0.678 bits per heavy atom. The van der Waals surface area contributed by atoms with E-state index < -0.39 is 146 Å². The molecule has 24 heteroatoms. The van der Waals surface area contributed by atoms with Gasteiger partial charge in [0, 0.05) is 71.4 Å². The average Bonchev–Trinajstić information content (AvgIpc) is 3.11. The summed E-state index contributed by atoms with van der Waals surface area (Å²) in [4.78, 5) is 99.2. The van der Waals surface area contributed by atoms with Gasteiger partial charge in [0.15, 0.2) is 61.6 Å². The van der Waals surface area contributed by atoms with Crippen LogP contribution in [0.4, 0.5) is 0 Å². The van der Waals surface area contributed by atoms with Crippen LogP contribution in [0.5, 0.6) is 0 Å². The molecule has 0 bridgehead atoms. The summed E-state index contributed by atoms with van der Waals surface area (Å²) in [5, 5.41) is 0. The molecular formula is C35H48I2O22. The van der Waals surface area contributed by atoms with Crippen molar-refractivity contribution < 1.29 is 105 Å². The zero-order valence-electron chi connectivity index (χ0n) is 33.5. The van der Waals surface area contributed by atoms with E-state index in [4.69, 9.17) is 66.3 Å². The molecule has 3 aliphatic heterocycles. The van der Waals surface area contributed by atoms with Crippen LogP contribution >= 0.6 is 45.2 Å². The van der Waals surface area contributed by atoms with E-state index in [1.807, 2.05) is 45.2 Å². The van der Waals surface area contributed by atoms with Crippen LogP contribution in [0.1, 0.15) is 55.4 Å². The third-order valence-corrected chi connectivity index (χ3v) is 10.2. The lowest BCUT2D eigenvalue weighted by molar-refractivity contribution is -0.373. The number of halogens is 2. The summed E-state index contributed by atoms with van der Waals surface area (Å²) >= 11 is 3.87. The van der Waals surface area contributed by atoms with E-state index in [2.05, 4.69) is 0 Å². The van der Waals surface area contributed by atoms with Crippen LogP contribution < -0.4 is 0 Å². The van der Waals surface area contributed by atoms with Crippen LogP contribution in [0, 0.1) is 0 Å². The van der Waals surface area contributed by atoms with Gasteiger partial charge in [-0.25, -0.2) is 0 Å². The van der Waals surface area contributed by atoms with Gasteiger partial charge in [0.1, 0.15) is 31.0 Å². The van der Waals surface area contributed by atoms with Crippen molar-refractivity contribution in [3.63, 3.8) is 0 Å². The van der Waals surface area contributed by atoms with Gasteiger partial charge in [-0.3, -0.25) is 38.4 Å². The molecule has 0 amide bonds. The average molecular weight is 1070 g/mol. The van der Waals surface area contributed by atoms with Crippen LogP contribution in [-0.2, 0) is 105 Å². The van der Waals surface area contributed by atoms with E-state index in [-0.39, 0.29) is 8.86 Å². The van der Waals surface area contributed by atoms with Gasteiger partial charge < -0.3 is 66.3 Å². The molecule has 59 heavy (non-hydrogen) atoms. The van der Waals surface area contributed by atoms with Gasteiger partial charge in [0.2, 0.25) is 0 Å². The molecular weight excluding hydrogens is 1030 g/mol. The highest BCUT2D eigenvalue weighted by Gasteiger charge is 2.59. The quantitative estimate of drug-likeness (QED) is 0.0883. The first kappa shape index (κ1) is 50.3. The van der Waals surface area contributed by atoms with Crippen molar-refractivity contribution in [2.24, 2.45) is 0 Å². The first-order valence-electron chi connectivity index (χ1n) is 18.0. The van der Waals surface area contributed by atoms with Gasteiger partial charge >= 0.3 is 47.8 Å². The third kappa shape index (κ3) is 14.3. The minimum Gasteiger partial charge on any atom is -0.463 e. The molecule has 0 unspecified atom stereocenters. The molecule has 3 saturated heterocycles. The van der Waals surface area contributed by atoms with Crippen molar-refractivity contribution >= 4 is 92.9 Å². The molecule has 334 valence electrons. The number of carbonyl (C=O) groups is 8. The number of hydrogen-bond acceptors (Lipinski definition) is 22. The van der Waals surface area contributed by atoms with E-state index in [1.165, 1.54) is 7.11 Å². The molecule has 0 radical (unpaired) electrons. The molecule has 22 nitrogen and oxygen atoms in total. The van der Waals surface area contributed by atoms with E-state index in [9.17, 15) is 38.4 Å². The highest BCUT2D eigenvalue weighted by atomic mass is 127. The zero-order chi connectivity index (χ0) is 44.3. The predicted molar refractivity (Wildman–Crippen MR) is 206 cm³/mol. The lowest BCUT2D eigenvalue weighted by atomic mass is 9.95. The highest BCUT2D eigenvalue weighted by Crippen LogP contribution is 2.38. The van der Waals surface area contributed by atoms with Gasteiger partial charge in [-0.15, -0.1) is 0 Å². The summed E-state index contributed by atoms with van der Waals surface area (Å²) in [6.07, 6.45) is -21.9. The third-order valence-electron chi connectivity index (χ3n) is 8.46. The maximum atomic E-state index is 12.8. The molecule has 0 aliphatic carbocycles. The Bertz CT molecular complexity index is 1530. The number of rotatable bonds is 16. The normalized spacial score (nSPS) is 34.3. The molecule has 0 saturated carbocycles. The fourth-order valence-corrected chi connectivity index (χ4v) is 7.94. The molecule has 15 atom stereocenters. The number of alkyl halides is 2. The van der Waals surface area contributed by atoms with Crippen molar-refractivity contribution in [2.75, 3.05) is 22.6 Å². The molecule has 0 N–H and O–H groups in total. The van der Waals surface area contributed by atoms with Crippen LogP contribution in [0.2, 0.25) is 0 Å². The van der Waals surface area contributed by atoms with Crippen LogP contribution in [0.25, 0.3) is 0 Å². The summed E-state index contributed by atoms with van der Waals surface area (Å²) in [5.41, 5.74) is 0. The number of hydrogen-bond donors (Lipinski definition) is 0. The van der Waals surface area contributed by atoms with Crippen LogP contribution in [0.3, 0.4) is 0 Å². The summed E-state index contributed by atoms with van der Waals surface area (Å²) < 4.78 is 81.2. The second kappa shape index (κ2) is 23.3. The standard InChI is InChI=1S/C35H48I2O22/c1-13(38)47-12-23-26(29(51-17(5)42)30(52-18(6)43)33(46-9)57-23)59-35-32(54-20(8)45)28(50-16(4)41)25(22(11-37)56-35)58-34-31(53-19(7)44)27(49-15(3)40)24(48-14(2)39)21(10-36)55-34/h21-35H,10-12H2,1-9H3/t21-,22-,23-,24-,25-,26-,27+,28+,29+,30-,31-,32-,33-,34-,35-/m1/s1. The molecule has 0 aromatic rings. The van der Waals surface area contributed by atoms with Gasteiger partial charge in [0.25, 0.3) is 0 Å². The maximum Gasteiger partial charge on any atom is 0.303 e. The Balaban J connectivity index is 2.18. The van der Waals surface area contributed by atoms with Crippen molar-refractivity contribution in [1.82, 2.24) is 0 Å². The Morgan fingerprint density at radius 1 is 0.390 bits per heavy atom.